The van der Waals surface area contributed by atoms with Gasteiger partial charge in [-0.25, -0.2) is 0 Å². The van der Waals surface area contributed by atoms with Crippen LogP contribution >= 0.6 is 0 Å². The lowest BCUT2D eigenvalue weighted by molar-refractivity contribution is -0.144. The fraction of sp³-hybridized carbons (Fsp3) is 0.818. The fourth-order valence-electron chi connectivity index (χ4n) is 2.13. The van der Waals surface area contributed by atoms with Gasteiger partial charge in [-0.2, -0.15) is 0 Å². The molecule has 0 saturated carbocycles. The van der Waals surface area contributed by atoms with Crippen LogP contribution in [0.4, 0.5) is 0 Å². The van der Waals surface area contributed by atoms with Gasteiger partial charge in [0.2, 0.25) is 5.91 Å². The molecule has 1 atom stereocenters. The molecular formula is C11H18N2O4. The summed E-state index contributed by atoms with van der Waals surface area (Å²) in [7, 11) is 0. The topological polar surface area (TPSA) is 70.1 Å². The van der Waals surface area contributed by atoms with Gasteiger partial charge >= 0.3 is 5.97 Å². The average Bonchev–Trinajstić information content (AvgIpc) is 2.17. The molecule has 1 amide bonds. The number of ether oxygens (including phenoxy) is 1. The minimum Gasteiger partial charge on any atom is -0.481 e. The molecule has 0 aromatic heterocycles. The minimum absolute atomic E-state index is 0.0350. The quantitative estimate of drug-likeness (QED) is 0.712. The van der Waals surface area contributed by atoms with Crippen molar-refractivity contribution in [1.82, 2.24) is 9.80 Å². The van der Waals surface area contributed by atoms with E-state index in [1.54, 1.807) is 0 Å². The number of likely N-dealkylation sites (tertiary alicyclic amines) is 1. The molecule has 6 heteroatoms. The molecule has 0 aromatic carbocycles. The Labute approximate surface area is 100 Å². The zero-order chi connectivity index (χ0) is 12.3. The monoisotopic (exact) mass is 242 g/mol. The maximum absolute atomic E-state index is 11.8. The van der Waals surface area contributed by atoms with Gasteiger partial charge in [0.05, 0.1) is 26.2 Å². The van der Waals surface area contributed by atoms with E-state index >= 15 is 0 Å². The number of nitrogens with zero attached hydrogens (tertiary/aromatic N) is 2. The van der Waals surface area contributed by atoms with Crippen molar-refractivity contribution in [2.75, 3.05) is 39.4 Å². The number of carboxylic acids is 1. The minimum atomic E-state index is -0.845. The van der Waals surface area contributed by atoms with E-state index in [0.717, 1.165) is 19.5 Å². The van der Waals surface area contributed by atoms with Crippen LogP contribution in [-0.4, -0.2) is 72.2 Å². The number of morpholine rings is 1. The highest BCUT2D eigenvalue weighted by Gasteiger charge is 2.29. The Morgan fingerprint density at radius 3 is 2.65 bits per heavy atom. The van der Waals surface area contributed by atoms with Crippen molar-refractivity contribution >= 4 is 11.9 Å². The predicted octanol–water partition coefficient (Wildman–Crippen LogP) is -0.606. The van der Waals surface area contributed by atoms with Crippen LogP contribution in [0, 0.1) is 0 Å². The van der Waals surface area contributed by atoms with Crippen LogP contribution in [0.15, 0.2) is 0 Å². The molecule has 0 bridgehead atoms. The molecule has 1 unspecified atom stereocenters. The largest absolute Gasteiger partial charge is 0.481 e. The van der Waals surface area contributed by atoms with Crippen molar-refractivity contribution in [3.8, 4) is 0 Å². The Morgan fingerprint density at radius 2 is 2.06 bits per heavy atom. The summed E-state index contributed by atoms with van der Waals surface area (Å²) >= 11 is 0. The molecule has 2 heterocycles. The van der Waals surface area contributed by atoms with Crippen molar-refractivity contribution in [1.29, 1.82) is 0 Å². The predicted molar refractivity (Wildman–Crippen MR) is 59.6 cm³/mol. The third-order valence-electron chi connectivity index (χ3n) is 3.31. The Morgan fingerprint density at radius 1 is 1.29 bits per heavy atom. The van der Waals surface area contributed by atoms with E-state index in [4.69, 9.17) is 9.84 Å². The van der Waals surface area contributed by atoms with E-state index in [9.17, 15) is 9.59 Å². The molecule has 96 valence electrons. The molecular weight excluding hydrogens is 224 g/mol. The zero-order valence-electron chi connectivity index (χ0n) is 9.80. The lowest BCUT2D eigenvalue weighted by atomic mass is 10.1. The van der Waals surface area contributed by atoms with Gasteiger partial charge in [0.25, 0.3) is 0 Å². The van der Waals surface area contributed by atoms with Crippen molar-refractivity contribution in [3.05, 3.63) is 0 Å². The Kier molecular flexibility index (Phi) is 3.96. The average molecular weight is 242 g/mol. The van der Waals surface area contributed by atoms with Crippen LogP contribution in [0.25, 0.3) is 0 Å². The van der Waals surface area contributed by atoms with Gasteiger partial charge in [-0.05, 0) is 6.42 Å². The maximum atomic E-state index is 11.8. The van der Waals surface area contributed by atoms with E-state index in [0.29, 0.717) is 26.3 Å². The normalized spacial score (nSPS) is 25.4. The Bertz CT molecular complexity index is 304. The number of carbonyl (C=O) groups excluding carboxylic acids is 1. The summed E-state index contributed by atoms with van der Waals surface area (Å²) < 4.78 is 5.27. The van der Waals surface area contributed by atoms with Crippen LogP contribution in [0.2, 0.25) is 0 Å². The zero-order valence-corrected chi connectivity index (χ0v) is 9.80. The van der Waals surface area contributed by atoms with Crippen molar-refractivity contribution in [3.63, 3.8) is 0 Å². The molecule has 2 aliphatic rings. The number of rotatable bonds is 4. The lowest BCUT2D eigenvalue weighted by Gasteiger charge is -2.37. The number of carboxylic acid groups (broad SMARTS) is 1. The first-order chi connectivity index (χ1) is 8.16. The van der Waals surface area contributed by atoms with E-state index < -0.39 is 5.97 Å². The van der Waals surface area contributed by atoms with Gasteiger partial charge in [-0.15, -0.1) is 0 Å². The third-order valence-corrected chi connectivity index (χ3v) is 3.31. The SMILES string of the molecule is O=C(O)CC1COCCN1CC(=O)N1CCC1. The second-order valence-corrected chi connectivity index (χ2v) is 4.53. The Hall–Kier alpha value is -1.14. The fourth-order valence-corrected chi connectivity index (χ4v) is 2.13. The lowest BCUT2D eigenvalue weighted by Crippen LogP contribution is -2.53. The highest BCUT2D eigenvalue weighted by Crippen LogP contribution is 2.13. The van der Waals surface area contributed by atoms with Gasteiger partial charge in [0, 0.05) is 25.7 Å². The van der Waals surface area contributed by atoms with E-state index in [2.05, 4.69) is 0 Å². The van der Waals surface area contributed by atoms with Crippen LogP contribution in [-0.2, 0) is 14.3 Å². The summed E-state index contributed by atoms with van der Waals surface area (Å²) in [4.78, 5) is 26.3. The summed E-state index contributed by atoms with van der Waals surface area (Å²) in [5.74, 6) is -0.740. The molecule has 6 nitrogen and oxygen atoms in total. The van der Waals surface area contributed by atoms with Gasteiger partial charge in [-0.1, -0.05) is 0 Å². The van der Waals surface area contributed by atoms with Crippen molar-refractivity contribution < 1.29 is 19.4 Å². The first-order valence-electron chi connectivity index (χ1n) is 5.98. The number of aliphatic carboxylic acids is 1. The van der Waals surface area contributed by atoms with Crippen LogP contribution < -0.4 is 0 Å². The van der Waals surface area contributed by atoms with Gasteiger partial charge in [0.15, 0.2) is 0 Å². The standard InChI is InChI=1S/C11H18N2O4/c14-10(12-2-1-3-12)7-13-4-5-17-8-9(13)6-11(15)16/h9H,1-8H2,(H,15,16). The first kappa shape index (κ1) is 12.3. The number of carbonyl (C=O) groups is 2. The van der Waals surface area contributed by atoms with E-state index in [1.165, 1.54) is 0 Å². The second kappa shape index (κ2) is 5.46. The van der Waals surface area contributed by atoms with Crippen LogP contribution in [0.1, 0.15) is 12.8 Å². The summed E-state index contributed by atoms with van der Waals surface area (Å²) in [6.07, 6.45) is 1.11. The molecule has 2 fully saturated rings. The third kappa shape index (κ3) is 3.17. The molecule has 0 spiro atoms. The summed E-state index contributed by atoms with van der Waals surface area (Å²) in [6, 6.07) is -0.175. The second-order valence-electron chi connectivity index (χ2n) is 4.53. The first-order valence-corrected chi connectivity index (χ1v) is 5.98. The van der Waals surface area contributed by atoms with Crippen LogP contribution in [0.3, 0.4) is 0 Å². The van der Waals surface area contributed by atoms with E-state index in [1.807, 2.05) is 9.80 Å². The van der Waals surface area contributed by atoms with Crippen molar-refractivity contribution in [2.24, 2.45) is 0 Å². The van der Waals surface area contributed by atoms with Gasteiger partial charge < -0.3 is 14.7 Å². The molecule has 17 heavy (non-hydrogen) atoms. The highest BCUT2D eigenvalue weighted by atomic mass is 16.5. The molecule has 2 rings (SSSR count). The van der Waals surface area contributed by atoms with E-state index in [-0.39, 0.29) is 18.4 Å². The summed E-state index contributed by atoms with van der Waals surface area (Å²) in [5.41, 5.74) is 0. The summed E-state index contributed by atoms with van der Waals surface area (Å²) in [5, 5.41) is 8.81. The summed E-state index contributed by atoms with van der Waals surface area (Å²) in [6.45, 7) is 3.61. The molecule has 2 saturated heterocycles. The number of amides is 1. The van der Waals surface area contributed by atoms with Crippen LogP contribution in [0.5, 0.6) is 0 Å². The molecule has 2 aliphatic heterocycles. The molecule has 0 aliphatic carbocycles. The molecule has 0 aromatic rings. The molecule has 0 radical (unpaired) electrons. The van der Waals surface area contributed by atoms with Gasteiger partial charge in [-0.3, -0.25) is 14.5 Å². The van der Waals surface area contributed by atoms with Gasteiger partial charge in [0.1, 0.15) is 0 Å². The maximum Gasteiger partial charge on any atom is 0.305 e. The number of hydrogen-bond donors (Lipinski definition) is 1. The number of hydrogen-bond acceptors (Lipinski definition) is 4. The molecule has 1 N–H and O–H groups in total. The Balaban J connectivity index is 1.86. The smallest absolute Gasteiger partial charge is 0.305 e. The highest BCUT2D eigenvalue weighted by molar-refractivity contribution is 5.79. The van der Waals surface area contributed by atoms with Crippen molar-refractivity contribution in [2.45, 2.75) is 18.9 Å².